The van der Waals surface area contributed by atoms with Crippen molar-refractivity contribution in [3.8, 4) is 0 Å². The highest BCUT2D eigenvalue weighted by Gasteiger charge is 2.54. The van der Waals surface area contributed by atoms with E-state index in [9.17, 15) is 9.90 Å². The van der Waals surface area contributed by atoms with E-state index in [2.05, 4.69) is 18.0 Å². The summed E-state index contributed by atoms with van der Waals surface area (Å²) in [7, 11) is 0. The van der Waals surface area contributed by atoms with Crippen LogP contribution in [0.2, 0.25) is 0 Å². The van der Waals surface area contributed by atoms with Gasteiger partial charge in [-0.1, -0.05) is 18.6 Å². The van der Waals surface area contributed by atoms with Crippen molar-refractivity contribution in [2.75, 3.05) is 0 Å². The van der Waals surface area contributed by atoms with Gasteiger partial charge < -0.3 is 5.11 Å². The van der Waals surface area contributed by atoms with Gasteiger partial charge in [-0.3, -0.25) is 9.78 Å². The Balaban J connectivity index is 1.78. The number of aromatic nitrogens is 1. The predicted molar refractivity (Wildman–Crippen MR) is 67.7 cm³/mol. The van der Waals surface area contributed by atoms with Gasteiger partial charge in [0.25, 0.3) is 0 Å². The molecular weight excluding hydrogens is 226 g/mol. The number of hydrogen-bond donors (Lipinski definition) is 1. The fourth-order valence-corrected chi connectivity index (χ4v) is 3.25. The number of ketones is 1. The molecule has 0 spiro atoms. The number of allylic oxidation sites excluding steroid dienone is 2. The van der Waals surface area contributed by atoms with E-state index in [1.807, 2.05) is 0 Å². The Bertz CT molecular complexity index is 494. The number of pyridine rings is 1. The Hall–Kier alpha value is -1.48. The van der Waals surface area contributed by atoms with E-state index in [0.29, 0.717) is 5.92 Å². The van der Waals surface area contributed by atoms with Gasteiger partial charge in [0.05, 0.1) is 12.0 Å². The zero-order valence-electron chi connectivity index (χ0n) is 10.4. The average molecular weight is 243 g/mol. The molecule has 3 nitrogen and oxygen atoms in total. The number of carbonyl (C=O) groups excluding carboxylic acids is 1. The second-order valence-corrected chi connectivity index (χ2v) is 5.23. The van der Waals surface area contributed by atoms with Crippen molar-refractivity contribution in [2.45, 2.75) is 25.9 Å². The SMILES string of the molecule is CCC1=C[C@@H]2C(=O)C(C(O)c3ccncc3)[C@@H]2C1. The number of nitrogens with zero attached hydrogens (tertiary/aromatic N) is 1. The molecule has 4 atom stereocenters. The number of carbonyl (C=O) groups is 1. The third-order valence-electron chi connectivity index (χ3n) is 4.33. The summed E-state index contributed by atoms with van der Waals surface area (Å²) >= 11 is 0. The molecule has 2 aliphatic carbocycles. The van der Waals surface area contributed by atoms with Crippen LogP contribution in [0.1, 0.15) is 31.4 Å². The van der Waals surface area contributed by atoms with Gasteiger partial charge in [-0.2, -0.15) is 0 Å². The molecule has 1 N–H and O–H groups in total. The second kappa shape index (κ2) is 4.32. The van der Waals surface area contributed by atoms with Gasteiger partial charge in [-0.25, -0.2) is 0 Å². The molecule has 2 aliphatic rings. The molecule has 3 heteroatoms. The third-order valence-corrected chi connectivity index (χ3v) is 4.33. The van der Waals surface area contributed by atoms with Crippen LogP contribution in [0.3, 0.4) is 0 Å². The molecule has 94 valence electrons. The quantitative estimate of drug-likeness (QED) is 0.829. The van der Waals surface area contributed by atoms with Crippen molar-refractivity contribution in [2.24, 2.45) is 17.8 Å². The zero-order chi connectivity index (χ0) is 12.7. The Morgan fingerprint density at radius 1 is 1.44 bits per heavy atom. The van der Waals surface area contributed by atoms with Gasteiger partial charge in [0, 0.05) is 18.3 Å². The van der Waals surface area contributed by atoms with Crippen LogP contribution in [-0.2, 0) is 4.79 Å². The van der Waals surface area contributed by atoms with Crippen molar-refractivity contribution in [1.29, 1.82) is 0 Å². The Kier molecular flexibility index (Phi) is 2.78. The summed E-state index contributed by atoms with van der Waals surface area (Å²) in [6, 6.07) is 3.57. The van der Waals surface area contributed by atoms with Crippen LogP contribution >= 0.6 is 0 Å². The van der Waals surface area contributed by atoms with Crippen molar-refractivity contribution in [3.05, 3.63) is 41.7 Å². The molecule has 1 heterocycles. The average Bonchev–Trinajstić information content (AvgIpc) is 2.79. The number of aliphatic hydroxyl groups excluding tert-OH is 1. The smallest absolute Gasteiger partial charge is 0.146 e. The van der Waals surface area contributed by atoms with Crippen molar-refractivity contribution < 1.29 is 9.90 Å². The molecule has 0 saturated heterocycles. The van der Waals surface area contributed by atoms with Crippen LogP contribution in [0, 0.1) is 17.8 Å². The molecular formula is C15H17NO2. The van der Waals surface area contributed by atoms with Gasteiger partial charge in [0.2, 0.25) is 0 Å². The maximum Gasteiger partial charge on any atom is 0.146 e. The van der Waals surface area contributed by atoms with E-state index in [4.69, 9.17) is 0 Å². The number of aliphatic hydroxyl groups is 1. The summed E-state index contributed by atoms with van der Waals surface area (Å²) in [5, 5.41) is 10.3. The van der Waals surface area contributed by atoms with Gasteiger partial charge in [0.1, 0.15) is 5.78 Å². The lowest BCUT2D eigenvalue weighted by Gasteiger charge is -2.41. The van der Waals surface area contributed by atoms with Crippen molar-refractivity contribution >= 4 is 5.78 Å². The fourth-order valence-electron chi connectivity index (χ4n) is 3.25. The monoisotopic (exact) mass is 243 g/mol. The highest BCUT2D eigenvalue weighted by molar-refractivity contribution is 5.93. The molecule has 18 heavy (non-hydrogen) atoms. The topological polar surface area (TPSA) is 50.2 Å². The first kappa shape index (κ1) is 11.6. The minimum atomic E-state index is -0.675. The largest absolute Gasteiger partial charge is 0.388 e. The fraction of sp³-hybridized carbons (Fsp3) is 0.467. The van der Waals surface area contributed by atoms with Gasteiger partial charge in [-0.15, -0.1) is 0 Å². The van der Waals surface area contributed by atoms with Crippen LogP contribution in [0.15, 0.2) is 36.2 Å². The first-order chi connectivity index (χ1) is 8.72. The molecule has 0 aromatic carbocycles. The van der Waals surface area contributed by atoms with Gasteiger partial charge in [-0.05, 0) is 36.5 Å². The minimum absolute atomic E-state index is 0.0708. The summed E-state index contributed by atoms with van der Waals surface area (Å²) in [6.07, 6.45) is 6.74. The lowest BCUT2D eigenvalue weighted by Crippen LogP contribution is -2.47. The summed E-state index contributed by atoms with van der Waals surface area (Å²) in [5.41, 5.74) is 2.16. The zero-order valence-corrected chi connectivity index (χ0v) is 10.4. The molecule has 1 saturated carbocycles. The highest BCUT2D eigenvalue weighted by atomic mass is 16.3. The maximum atomic E-state index is 12.1. The standard InChI is InChI=1S/C15H17NO2/c1-2-9-7-11-12(8-9)15(18)13(11)14(17)10-3-5-16-6-4-10/h3-6,8,11-14,17H,2,7H2,1H3/t11-,12+,13?,14?/m1/s1. The number of Topliss-reactive ketones (excluding diaryl/α,β-unsaturated/α-hetero) is 1. The Labute approximate surface area is 107 Å². The molecule has 0 aliphatic heterocycles. The molecule has 3 rings (SSSR count). The Morgan fingerprint density at radius 2 is 2.17 bits per heavy atom. The molecule has 0 radical (unpaired) electrons. The molecule has 1 fully saturated rings. The first-order valence-corrected chi connectivity index (χ1v) is 6.53. The lowest BCUT2D eigenvalue weighted by molar-refractivity contribution is -0.146. The summed E-state index contributed by atoms with van der Waals surface area (Å²) in [6.45, 7) is 2.12. The minimum Gasteiger partial charge on any atom is -0.388 e. The van der Waals surface area contributed by atoms with E-state index in [1.54, 1.807) is 24.5 Å². The van der Waals surface area contributed by atoms with Crippen LogP contribution in [-0.4, -0.2) is 15.9 Å². The van der Waals surface area contributed by atoms with Crippen LogP contribution in [0.25, 0.3) is 0 Å². The number of hydrogen-bond acceptors (Lipinski definition) is 3. The maximum absolute atomic E-state index is 12.1. The van der Waals surface area contributed by atoms with Crippen LogP contribution in [0.5, 0.6) is 0 Å². The molecule has 1 aromatic heterocycles. The van der Waals surface area contributed by atoms with E-state index < -0.39 is 6.10 Å². The predicted octanol–water partition coefficient (Wildman–Crippen LogP) is 2.29. The number of fused-ring (bicyclic) bond motifs is 1. The summed E-state index contributed by atoms with van der Waals surface area (Å²) < 4.78 is 0. The van der Waals surface area contributed by atoms with E-state index in [1.165, 1.54) is 5.57 Å². The normalized spacial score (nSPS) is 31.6. The van der Waals surface area contributed by atoms with Crippen LogP contribution in [0.4, 0.5) is 0 Å². The number of rotatable bonds is 3. The van der Waals surface area contributed by atoms with E-state index in [-0.39, 0.29) is 17.6 Å². The van der Waals surface area contributed by atoms with Crippen molar-refractivity contribution in [3.63, 3.8) is 0 Å². The van der Waals surface area contributed by atoms with Gasteiger partial charge >= 0.3 is 0 Å². The second-order valence-electron chi connectivity index (χ2n) is 5.23. The third kappa shape index (κ3) is 1.62. The van der Waals surface area contributed by atoms with E-state index >= 15 is 0 Å². The summed E-state index contributed by atoms with van der Waals surface area (Å²) in [4.78, 5) is 16.0. The van der Waals surface area contributed by atoms with Crippen LogP contribution < -0.4 is 0 Å². The van der Waals surface area contributed by atoms with E-state index in [0.717, 1.165) is 18.4 Å². The molecule has 2 unspecified atom stereocenters. The molecule has 0 bridgehead atoms. The summed E-state index contributed by atoms with van der Waals surface area (Å²) in [5.74, 6) is 0.363. The lowest BCUT2D eigenvalue weighted by atomic mass is 9.62. The van der Waals surface area contributed by atoms with Gasteiger partial charge in [0.15, 0.2) is 0 Å². The Morgan fingerprint density at radius 3 is 2.83 bits per heavy atom. The highest BCUT2D eigenvalue weighted by Crippen LogP contribution is 2.52. The molecule has 0 amide bonds. The first-order valence-electron chi connectivity index (χ1n) is 6.53. The van der Waals surface area contributed by atoms with Crippen molar-refractivity contribution in [1.82, 2.24) is 4.98 Å². The molecule has 1 aromatic rings.